The molecule has 0 saturated heterocycles. The first-order valence-electron chi connectivity index (χ1n) is 10.7. The van der Waals surface area contributed by atoms with Crippen LogP contribution in [-0.4, -0.2) is 32.0 Å². The first kappa shape index (κ1) is 22.1. The van der Waals surface area contributed by atoms with Crippen molar-refractivity contribution in [3.05, 3.63) is 75.6 Å². The van der Waals surface area contributed by atoms with Crippen molar-refractivity contribution in [2.24, 2.45) is 0 Å². The third-order valence-electron chi connectivity index (χ3n) is 5.60. The Morgan fingerprint density at radius 1 is 1.21 bits per heavy atom. The highest BCUT2D eigenvalue weighted by Gasteiger charge is 2.15. The quantitative estimate of drug-likeness (QED) is 0.346. The van der Waals surface area contributed by atoms with E-state index in [0.29, 0.717) is 30.2 Å². The van der Waals surface area contributed by atoms with Crippen LogP contribution in [0.1, 0.15) is 29.4 Å². The number of hydrogen-bond acceptors (Lipinski definition) is 6. The molecule has 3 aromatic heterocycles. The zero-order valence-corrected chi connectivity index (χ0v) is 18.9. The number of para-hydroxylation sites is 1. The number of anilines is 2. The van der Waals surface area contributed by atoms with Gasteiger partial charge in [0, 0.05) is 54.7 Å². The Hall–Kier alpha value is -4.14. The first-order chi connectivity index (χ1) is 15.8. The van der Waals surface area contributed by atoms with Crippen molar-refractivity contribution in [1.29, 1.82) is 0 Å². The predicted molar refractivity (Wildman–Crippen MR) is 130 cm³/mol. The van der Waals surface area contributed by atoms with Crippen molar-refractivity contribution in [3.63, 3.8) is 0 Å². The van der Waals surface area contributed by atoms with Crippen molar-refractivity contribution >= 4 is 28.4 Å². The number of aryl methyl sites for hydroxylation is 2. The SMILES string of the molecule is CC(=O)NCc1cc(-n2c(C)cnc(NCCc3c[nH]c4ccccc34)c2=O)c(N)nc1C. The molecule has 4 aromatic rings. The third-order valence-corrected chi connectivity index (χ3v) is 5.60. The Bertz CT molecular complexity index is 1390. The molecule has 0 aliphatic carbocycles. The predicted octanol–water partition coefficient (Wildman–Crippen LogP) is 2.60. The summed E-state index contributed by atoms with van der Waals surface area (Å²) in [6.07, 6.45) is 4.35. The number of amides is 1. The van der Waals surface area contributed by atoms with E-state index in [0.717, 1.165) is 17.5 Å². The number of rotatable bonds is 7. The molecule has 4 rings (SSSR count). The number of nitrogens with one attached hydrogen (secondary N) is 3. The number of fused-ring (bicyclic) bond motifs is 1. The fraction of sp³-hybridized carbons (Fsp3) is 0.250. The van der Waals surface area contributed by atoms with Crippen LogP contribution in [0.2, 0.25) is 0 Å². The standard InChI is InChI=1S/C24H27N7O2/c1-14-11-29-23(26-9-8-17-12-28-20-7-5-4-6-19(17)20)24(33)31(14)21-10-18(13-27-16(3)32)15(2)30-22(21)25/h4-7,10-12,28H,8-9,13H2,1-3H3,(H2,25,30)(H,26,29)(H,27,32). The molecule has 0 saturated carbocycles. The molecular formula is C24H27N7O2. The lowest BCUT2D eigenvalue weighted by Gasteiger charge is -2.16. The van der Waals surface area contributed by atoms with E-state index in [2.05, 4.69) is 31.7 Å². The molecule has 170 valence electrons. The van der Waals surface area contributed by atoms with Gasteiger partial charge >= 0.3 is 0 Å². The summed E-state index contributed by atoms with van der Waals surface area (Å²) in [6, 6.07) is 9.90. The molecule has 0 aliphatic heterocycles. The molecule has 3 heterocycles. The Balaban J connectivity index is 1.60. The molecule has 9 nitrogen and oxygen atoms in total. The van der Waals surface area contributed by atoms with Gasteiger partial charge in [0.05, 0.1) is 5.69 Å². The number of benzene rings is 1. The number of aromatic amines is 1. The zero-order valence-electron chi connectivity index (χ0n) is 18.9. The maximum atomic E-state index is 13.3. The molecule has 1 amide bonds. The van der Waals surface area contributed by atoms with E-state index < -0.39 is 0 Å². The maximum absolute atomic E-state index is 13.3. The second kappa shape index (κ2) is 9.15. The summed E-state index contributed by atoms with van der Waals surface area (Å²) in [6.45, 7) is 5.90. The van der Waals surface area contributed by atoms with E-state index in [4.69, 9.17) is 5.73 Å². The van der Waals surface area contributed by atoms with Crippen molar-refractivity contribution < 1.29 is 4.79 Å². The molecule has 0 spiro atoms. The highest BCUT2D eigenvalue weighted by atomic mass is 16.1. The smallest absolute Gasteiger partial charge is 0.298 e. The van der Waals surface area contributed by atoms with Crippen LogP contribution in [0.15, 0.2) is 47.5 Å². The van der Waals surface area contributed by atoms with Gasteiger partial charge in [0.25, 0.3) is 5.56 Å². The van der Waals surface area contributed by atoms with Gasteiger partial charge in [0.1, 0.15) is 5.82 Å². The van der Waals surface area contributed by atoms with Crippen LogP contribution < -0.4 is 21.9 Å². The van der Waals surface area contributed by atoms with Gasteiger partial charge in [0.2, 0.25) is 5.91 Å². The van der Waals surface area contributed by atoms with Crippen LogP contribution in [0.25, 0.3) is 16.6 Å². The average Bonchev–Trinajstić information content (AvgIpc) is 3.19. The van der Waals surface area contributed by atoms with Gasteiger partial charge in [-0.05, 0) is 43.5 Å². The van der Waals surface area contributed by atoms with E-state index in [-0.39, 0.29) is 23.1 Å². The van der Waals surface area contributed by atoms with E-state index in [1.165, 1.54) is 22.4 Å². The molecule has 0 atom stereocenters. The zero-order chi connectivity index (χ0) is 23.5. The van der Waals surface area contributed by atoms with E-state index in [1.54, 1.807) is 19.2 Å². The lowest BCUT2D eigenvalue weighted by Crippen LogP contribution is -2.27. The largest absolute Gasteiger partial charge is 0.382 e. The highest BCUT2D eigenvalue weighted by Crippen LogP contribution is 2.21. The molecule has 33 heavy (non-hydrogen) atoms. The van der Waals surface area contributed by atoms with Gasteiger partial charge in [-0.1, -0.05) is 18.2 Å². The molecule has 0 bridgehead atoms. The fourth-order valence-electron chi connectivity index (χ4n) is 3.84. The van der Waals surface area contributed by atoms with Gasteiger partial charge in [-0.25, -0.2) is 9.97 Å². The number of carbonyl (C=O) groups excluding carboxylic acids is 1. The number of aromatic nitrogens is 4. The highest BCUT2D eigenvalue weighted by molar-refractivity contribution is 5.83. The number of pyridine rings is 1. The Labute approximate surface area is 191 Å². The van der Waals surface area contributed by atoms with Crippen molar-refractivity contribution in [1.82, 2.24) is 24.8 Å². The summed E-state index contributed by atoms with van der Waals surface area (Å²) in [5.74, 6) is 0.329. The number of H-pyrrole nitrogens is 1. The maximum Gasteiger partial charge on any atom is 0.298 e. The molecule has 0 aliphatic rings. The van der Waals surface area contributed by atoms with Crippen molar-refractivity contribution in [2.45, 2.75) is 33.7 Å². The minimum Gasteiger partial charge on any atom is -0.382 e. The topological polar surface area (TPSA) is 131 Å². The van der Waals surface area contributed by atoms with Crippen LogP contribution in [0.4, 0.5) is 11.6 Å². The minimum atomic E-state index is -0.309. The Morgan fingerprint density at radius 2 is 2.00 bits per heavy atom. The first-order valence-corrected chi connectivity index (χ1v) is 10.7. The van der Waals surface area contributed by atoms with E-state index in [9.17, 15) is 9.59 Å². The second-order valence-electron chi connectivity index (χ2n) is 7.97. The number of nitrogens with zero attached hydrogens (tertiary/aromatic N) is 3. The van der Waals surface area contributed by atoms with Gasteiger partial charge in [-0.15, -0.1) is 0 Å². The minimum absolute atomic E-state index is 0.147. The summed E-state index contributed by atoms with van der Waals surface area (Å²) < 4.78 is 1.50. The van der Waals surface area contributed by atoms with Crippen LogP contribution >= 0.6 is 0 Å². The van der Waals surface area contributed by atoms with Crippen LogP contribution in [-0.2, 0) is 17.8 Å². The van der Waals surface area contributed by atoms with Gasteiger partial charge < -0.3 is 21.4 Å². The molecule has 0 radical (unpaired) electrons. The molecule has 0 unspecified atom stereocenters. The third kappa shape index (κ3) is 4.57. The molecule has 0 fully saturated rings. The lowest BCUT2D eigenvalue weighted by molar-refractivity contribution is -0.119. The van der Waals surface area contributed by atoms with Gasteiger partial charge in [0.15, 0.2) is 5.82 Å². The summed E-state index contributed by atoms with van der Waals surface area (Å²) >= 11 is 0. The Kier molecular flexibility index (Phi) is 6.12. The fourth-order valence-corrected chi connectivity index (χ4v) is 3.84. The molecule has 9 heteroatoms. The number of carbonyl (C=O) groups is 1. The average molecular weight is 446 g/mol. The monoisotopic (exact) mass is 445 g/mol. The van der Waals surface area contributed by atoms with Crippen molar-refractivity contribution in [3.8, 4) is 5.69 Å². The molecule has 1 aromatic carbocycles. The number of nitrogen functional groups attached to an aromatic ring is 1. The van der Waals surface area contributed by atoms with Crippen LogP contribution in [0, 0.1) is 13.8 Å². The van der Waals surface area contributed by atoms with Gasteiger partial charge in [-0.2, -0.15) is 0 Å². The summed E-state index contributed by atoms with van der Waals surface area (Å²) in [5, 5.41) is 7.09. The van der Waals surface area contributed by atoms with Crippen LogP contribution in [0.3, 0.4) is 0 Å². The molecule has 5 N–H and O–H groups in total. The van der Waals surface area contributed by atoms with E-state index >= 15 is 0 Å². The molecular weight excluding hydrogens is 418 g/mol. The summed E-state index contributed by atoms with van der Waals surface area (Å²) in [4.78, 5) is 36.6. The van der Waals surface area contributed by atoms with Crippen molar-refractivity contribution in [2.75, 3.05) is 17.6 Å². The summed E-state index contributed by atoms with van der Waals surface area (Å²) in [7, 11) is 0. The lowest BCUT2D eigenvalue weighted by atomic mass is 10.1. The van der Waals surface area contributed by atoms with E-state index in [1.807, 2.05) is 31.3 Å². The second-order valence-corrected chi connectivity index (χ2v) is 7.97. The normalized spacial score (nSPS) is 11.0. The number of hydrogen-bond donors (Lipinski definition) is 4. The Morgan fingerprint density at radius 3 is 2.79 bits per heavy atom. The summed E-state index contributed by atoms with van der Waals surface area (Å²) in [5.41, 5.74) is 10.7. The van der Waals surface area contributed by atoms with Crippen LogP contribution in [0.5, 0.6) is 0 Å². The van der Waals surface area contributed by atoms with Gasteiger partial charge in [-0.3, -0.25) is 14.2 Å². The number of nitrogens with two attached hydrogens (primary N) is 1.